The van der Waals surface area contributed by atoms with E-state index in [1.807, 2.05) is 31.2 Å². The topological polar surface area (TPSA) is 49.4 Å². The third-order valence-electron chi connectivity index (χ3n) is 5.94. The van der Waals surface area contributed by atoms with Crippen LogP contribution in [0.4, 0.5) is 0 Å². The second-order valence-corrected chi connectivity index (χ2v) is 9.22. The Balaban J connectivity index is 1.80. The van der Waals surface area contributed by atoms with Crippen molar-refractivity contribution in [3.8, 4) is 0 Å². The summed E-state index contributed by atoms with van der Waals surface area (Å²) >= 11 is 12.6. The molecule has 4 nitrogen and oxygen atoms in total. The summed E-state index contributed by atoms with van der Waals surface area (Å²) in [4.78, 5) is 28.0. The number of rotatable bonds is 7. The highest BCUT2D eigenvalue weighted by molar-refractivity contribution is 6.36. The van der Waals surface area contributed by atoms with Crippen LogP contribution in [0.3, 0.4) is 0 Å². The molecule has 1 saturated carbocycles. The number of amides is 2. The molecule has 0 bridgehead atoms. The van der Waals surface area contributed by atoms with Gasteiger partial charge in [-0.15, -0.1) is 0 Å². The van der Waals surface area contributed by atoms with Gasteiger partial charge in [-0.1, -0.05) is 78.4 Å². The number of carbonyl (C=O) groups is 2. The van der Waals surface area contributed by atoms with Crippen LogP contribution >= 0.6 is 23.2 Å². The van der Waals surface area contributed by atoms with Gasteiger partial charge in [-0.05, 0) is 49.9 Å². The van der Waals surface area contributed by atoms with Gasteiger partial charge in [0.15, 0.2) is 0 Å². The second-order valence-electron chi connectivity index (χ2n) is 8.41. The number of nitrogens with zero attached hydrogens (tertiary/aromatic N) is 1. The van der Waals surface area contributed by atoms with Crippen molar-refractivity contribution in [1.82, 2.24) is 10.2 Å². The number of carbonyl (C=O) groups excluding carboxylic acids is 2. The minimum Gasteiger partial charge on any atom is -0.352 e. The molecule has 0 heterocycles. The normalized spacial score (nSPS) is 15.4. The van der Waals surface area contributed by atoms with Crippen molar-refractivity contribution in [3.05, 3.63) is 69.2 Å². The van der Waals surface area contributed by atoms with E-state index in [1.54, 1.807) is 30.0 Å². The molecule has 31 heavy (non-hydrogen) atoms. The first-order valence-corrected chi connectivity index (χ1v) is 11.7. The van der Waals surface area contributed by atoms with Crippen molar-refractivity contribution < 1.29 is 9.59 Å². The van der Waals surface area contributed by atoms with Crippen LogP contribution in [0.2, 0.25) is 10.0 Å². The minimum atomic E-state index is -0.601. The summed E-state index contributed by atoms with van der Waals surface area (Å²) in [6.07, 6.45) is 5.54. The Labute approximate surface area is 194 Å². The lowest BCUT2D eigenvalue weighted by molar-refractivity contribution is -0.140. The molecule has 1 atom stereocenters. The van der Waals surface area contributed by atoms with Gasteiger partial charge in [-0.25, -0.2) is 0 Å². The van der Waals surface area contributed by atoms with Gasteiger partial charge in [0.1, 0.15) is 6.04 Å². The van der Waals surface area contributed by atoms with Crippen LogP contribution in [0.15, 0.2) is 42.5 Å². The number of benzene rings is 2. The largest absolute Gasteiger partial charge is 0.352 e. The van der Waals surface area contributed by atoms with E-state index in [0.717, 1.165) is 36.8 Å². The third-order valence-corrected chi connectivity index (χ3v) is 6.65. The van der Waals surface area contributed by atoms with Crippen LogP contribution < -0.4 is 5.32 Å². The molecule has 1 aliphatic carbocycles. The fourth-order valence-corrected chi connectivity index (χ4v) is 4.64. The number of hydrogen-bond acceptors (Lipinski definition) is 2. The van der Waals surface area contributed by atoms with Gasteiger partial charge in [-0.3, -0.25) is 9.59 Å². The molecule has 2 aromatic carbocycles. The molecule has 0 aromatic heterocycles. The summed E-state index contributed by atoms with van der Waals surface area (Å²) in [5, 5.41) is 4.06. The van der Waals surface area contributed by atoms with Crippen molar-refractivity contribution >= 4 is 35.0 Å². The van der Waals surface area contributed by atoms with Crippen LogP contribution in [0.1, 0.15) is 55.7 Å². The van der Waals surface area contributed by atoms with E-state index < -0.39 is 6.04 Å². The van der Waals surface area contributed by atoms with Crippen molar-refractivity contribution in [1.29, 1.82) is 0 Å². The predicted molar refractivity (Wildman–Crippen MR) is 126 cm³/mol. The molecule has 0 spiro atoms. The Morgan fingerprint density at radius 1 is 1.06 bits per heavy atom. The maximum absolute atomic E-state index is 13.4. The van der Waals surface area contributed by atoms with Crippen LogP contribution in [0.5, 0.6) is 0 Å². The SMILES string of the molecule is Cc1cccc(CN(C(=O)Cc2c(Cl)cccc2Cl)C(C)C(=O)NC2CCCCC2)c1. The number of halogens is 2. The van der Waals surface area contributed by atoms with Gasteiger partial charge < -0.3 is 10.2 Å². The van der Waals surface area contributed by atoms with Crippen molar-refractivity contribution in [2.24, 2.45) is 0 Å². The summed E-state index contributed by atoms with van der Waals surface area (Å²) in [6.45, 7) is 4.15. The number of hydrogen-bond donors (Lipinski definition) is 1. The fourth-order valence-electron chi connectivity index (χ4n) is 4.11. The molecule has 0 aliphatic heterocycles. The van der Waals surface area contributed by atoms with Crippen LogP contribution in [0.25, 0.3) is 0 Å². The summed E-state index contributed by atoms with van der Waals surface area (Å²) in [6, 6.07) is 12.8. The Kier molecular flexibility index (Phi) is 8.39. The standard InChI is InChI=1S/C25H30Cl2N2O2/c1-17-8-6-9-19(14-17)16-29(18(2)25(31)28-20-10-4-3-5-11-20)24(30)15-21-22(26)12-7-13-23(21)27/h6-9,12-14,18,20H,3-5,10-11,15-16H2,1-2H3,(H,28,31). The fraction of sp³-hybridized carbons (Fsp3) is 0.440. The van der Waals surface area contributed by atoms with Crippen LogP contribution in [0, 0.1) is 6.92 Å². The molecule has 0 saturated heterocycles. The minimum absolute atomic E-state index is 0.0470. The van der Waals surface area contributed by atoms with E-state index in [4.69, 9.17) is 23.2 Å². The lowest BCUT2D eigenvalue weighted by Gasteiger charge is -2.31. The second kappa shape index (κ2) is 11.0. The maximum atomic E-state index is 13.4. The average molecular weight is 461 g/mol. The van der Waals surface area contributed by atoms with E-state index in [2.05, 4.69) is 5.32 Å². The zero-order valence-corrected chi connectivity index (χ0v) is 19.7. The van der Waals surface area contributed by atoms with Gasteiger partial charge in [0.2, 0.25) is 11.8 Å². The molecule has 1 unspecified atom stereocenters. The lowest BCUT2D eigenvalue weighted by atomic mass is 9.95. The highest BCUT2D eigenvalue weighted by Crippen LogP contribution is 2.26. The molecule has 3 rings (SSSR count). The molecule has 1 fully saturated rings. The van der Waals surface area contributed by atoms with Gasteiger partial charge in [0.05, 0.1) is 6.42 Å². The van der Waals surface area contributed by atoms with Gasteiger partial charge >= 0.3 is 0 Å². The maximum Gasteiger partial charge on any atom is 0.242 e. The molecule has 166 valence electrons. The zero-order valence-electron chi connectivity index (χ0n) is 18.2. The molecular formula is C25H30Cl2N2O2. The quantitative estimate of drug-likeness (QED) is 0.574. The Bertz CT molecular complexity index is 905. The summed E-state index contributed by atoms with van der Waals surface area (Å²) in [5.41, 5.74) is 2.68. The van der Waals surface area contributed by atoms with Gasteiger partial charge in [0.25, 0.3) is 0 Å². The smallest absolute Gasteiger partial charge is 0.242 e. The van der Waals surface area contributed by atoms with Gasteiger partial charge in [-0.2, -0.15) is 0 Å². The Hall–Kier alpha value is -2.04. The Morgan fingerprint density at radius 3 is 2.35 bits per heavy atom. The summed E-state index contributed by atoms with van der Waals surface area (Å²) in [5.74, 6) is -0.291. The number of nitrogens with one attached hydrogen (secondary N) is 1. The van der Waals surface area contributed by atoms with Crippen molar-refractivity contribution in [2.45, 2.75) is 71.0 Å². The number of aryl methyl sites for hydroxylation is 1. The van der Waals surface area contributed by atoms with Gasteiger partial charge in [0, 0.05) is 22.6 Å². The van der Waals surface area contributed by atoms with E-state index in [-0.39, 0.29) is 24.3 Å². The molecular weight excluding hydrogens is 431 g/mol. The zero-order chi connectivity index (χ0) is 22.4. The lowest BCUT2D eigenvalue weighted by Crippen LogP contribution is -2.50. The first-order chi connectivity index (χ1) is 14.8. The first-order valence-electron chi connectivity index (χ1n) is 10.9. The van der Waals surface area contributed by atoms with E-state index >= 15 is 0 Å². The van der Waals surface area contributed by atoms with Crippen molar-refractivity contribution in [2.75, 3.05) is 0 Å². The summed E-state index contributed by atoms with van der Waals surface area (Å²) < 4.78 is 0. The Morgan fingerprint density at radius 2 is 1.71 bits per heavy atom. The third kappa shape index (κ3) is 6.47. The van der Waals surface area contributed by atoms with Crippen LogP contribution in [-0.4, -0.2) is 28.8 Å². The highest BCUT2D eigenvalue weighted by atomic mass is 35.5. The molecule has 0 radical (unpaired) electrons. The monoisotopic (exact) mass is 460 g/mol. The molecule has 6 heteroatoms. The molecule has 1 aliphatic rings. The summed E-state index contributed by atoms with van der Waals surface area (Å²) in [7, 11) is 0. The molecule has 1 N–H and O–H groups in total. The highest BCUT2D eigenvalue weighted by Gasteiger charge is 2.29. The van der Waals surface area contributed by atoms with Crippen molar-refractivity contribution in [3.63, 3.8) is 0 Å². The predicted octanol–water partition coefficient (Wildman–Crippen LogP) is 5.71. The first kappa shape index (κ1) is 23.6. The van der Waals surface area contributed by atoms with E-state index in [1.165, 1.54) is 6.42 Å². The van der Waals surface area contributed by atoms with Crippen LogP contribution in [-0.2, 0) is 22.6 Å². The molecule has 2 amide bonds. The van der Waals surface area contributed by atoms with E-state index in [9.17, 15) is 9.59 Å². The average Bonchev–Trinajstić information content (AvgIpc) is 2.75. The molecule has 2 aromatic rings. The van der Waals surface area contributed by atoms with E-state index in [0.29, 0.717) is 22.2 Å².